The van der Waals surface area contributed by atoms with Crippen LogP contribution in [-0.4, -0.2) is 25.7 Å². The summed E-state index contributed by atoms with van der Waals surface area (Å²) in [6.45, 7) is 2.71. The summed E-state index contributed by atoms with van der Waals surface area (Å²) < 4.78 is 5.16. The Morgan fingerprint density at radius 1 is 1.39 bits per heavy atom. The largest absolute Gasteiger partial charge is 0.382 e. The van der Waals surface area contributed by atoms with Gasteiger partial charge in [0.25, 0.3) is 0 Å². The molecule has 0 saturated heterocycles. The highest BCUT2D eigenvalue weighted by molar-refractivity contribution is 5.80. The number of ether oxygens (including phenoxy) is 1. The summed E-state index contributed by atoms with van der Waals surface area (Å²) in [5, 5.41) is 3.01. The summed E-state index contributed by atoms with van der Waals surface area (Å²) in [5.41, 5.74) is 2.64. The van der Waals surface area contributed by atoms with Crippen molar-refractivity contribution in [3.05, 3.63) is 35.4 Å². The van der Waals surface area contributed by atoms with E-state index in [1.165, 1.54) is 11.1 Å². The van der Waals surface area contributed by atoms with Crippen LogP contribution >= 0.6 is 0 Å². The van der Waals surface area contributed by atoms with Gasteiger partial charge in [0, 0.05) is 19.6 Å². The normalized spacial score (nSPS) is 16.3. The fraction of sp³-hybridized carbons (Fsp3) is 0.533. The average Bonchev–Trinajstić information content (AvgIpc) is 2.82. The van der Waals surface area contributed by atoms with Gasteiger partial charge in [0.2, 0.25) is 5.91 Å². The Hall–Kier alpha value is -1.35. The topological polar surface area (TPSA) is 38.3 Å². The molecule has 3 heteroatoms. The number of methoxy groups -OCH3 is 1. The van der Waals surface area contributed by atoms with Crippen LogP contribution in [0.5, 0.6) is 0 Å². The number of rotatable bonds is 5. The number of benzene rings is 1. The Kier molecular flexibility index (Phi) is 4.37. The number of carbonyl (C=O) groups is 1. The van der Waals surface area contributed by atoms with Gasteiger partial charge in [0.05, 0.1) is 6.10 Å². The molecule has 2 rings (SSSR count). The number of nitrogens with one attached hydrogen (secondary N) is 1. The maximum absolute atomic E-state index is 12.0. The second kappa shape index (κ2) is 6.01. The van der Waals surface area contributed by atoms with Crippen molar-refractivity contribution in [1.82, 2.24) is 5.32 Å². The van der Waals surface area contributed by atoms with Crippen LogP contribution in [0.1, 0.15) is 24.5 Å². The third-order valence-corrected chi connectivity index (χ3v) is 3.67. The number of hydrogen-bond acceptors (Lipinski definition) is 2. The van der Waals surface area contributed by atoms with Crippen LogP contribution in [0.15, 0.2) is 24.3 Å². The Labute approximate surface area is 109 Å². The number of fused-ring (bicyclic) bond motifs is 1. The molecule has 1 aromatic carbocycles. The van der Waals surface area contributed by atoms with Gasteiger partial charge in [-0.05, 0) is 37.3 Å². The molecular formula is C15H21NO2. The van der Waals surface area contributed by atoms with Crippen LogP contribution in [0, 0.1) is 5.92 Å². The molecule has 0 fully saturated rings. The molecule has 0 bridgehead atoms. The lowest BCUT2D eigenvalue weighted by Crippen LogP contribution is -2.33. The predicted octanol–water partition coefficient (Wildman–Crippen LogP) is 1.94. The first-order valence-corrected chi connectivity index (χ1v) is 6.58. The van der Waals surface area contributed by atoms with Crippen molar-refractivity contribution in [1.29, 1.82) is 0 Å². The molecule has 0 aliphatic heterocycles. The van der Waals surface area contributed by atoms with E-state index in [2.05, 4.69) is 17.4 Å². The molecular weight excluding hydrogens is 226 g/mol. The number of hydrogen-bond donors (Lipinski definition) is 1. The van der Waals surface area contributed by atoms with Gasteiger partial charge in [0.1, 0.15) is 0 Å². The molecule has 98 valence electrons. The summed E-state index contributed by atoms with van der Waals surface area (Å²) in [7, 11) is 1.69. The van der Waals surface area contributed by atoms with Crippen molar-refractivity contribution < 1.29 is 9.53 Å². The van der Waals surface area contributed by atoms with Gasteiger partial charge in [0.15, 0.2) is 0 Å². The van der Waals surface area contributed by atoms with Crippen LogP contribution in [0.3, 0.4) is 0 Å². The molecule has 0 radical (unpaired) electrons. The quantitative estimate of drug-likeness (QED) is 0.863. The van der Waals surface area contributed by atoms with Gasteiger partial charge in [-0.15, -0.1) is 0 Å². The summed E-state index contributed by atoms with van der Waals surface area (Å²) in [4.78, 5) is 12.0. The van der Waals surface area contributed by atoms with Gasteiger partial charge in [-0.2, -0.15) is 0 Å². The Morgan fingerprint density at radius 3 is 2.56 bits per heavy atom. The maximum Gasteiger partial charge on any atom is 0.223 e. The maximum atomic E-state index is 12.0. The molecule has 1 aliphatic carbocycles. The highest BCUT2D eigenvalue weighted by Crippen LogP contribution is 2.26. The van der Waals surface area contributed by atoms with Crippen molar-refractivity contribution in [2.45, 2.75) is 32.3 Å². The molecule has 1 N–H and O–H groups in total. The van der Waals surface area contributed by atoms with Gasteiger partial charge < -0.3 is 10.1 Å². The van der Waals surface area contributed by atoms with Crippen molar-refractivity contribution in [3.63, 3.8) is 0 Å². The molecule has 0 heterocycles. The Balaban J connectivity index is 1.79. The van der Waals surface area contributed by atoms with Crippen LogP contribution in [0.4, 0.5) is 0 Å². The van der Waals surface area contributed by atoms with E-state index in [0.29, 0.717) is 6.54 Å². The second-order valence-corrected chi connectivity index (χ2v) is 5.00. The lowest BCUT2D eigenvalue weighted by atomic mass is 10.1. The fourth-order valence-corrected chi connectivity index (χ4v) is 2.41. The van der Waals surface area contributed by atoms with E-state index < -0.39 is 0 Å². The SMILES string of the molecule is CO[C@@H](C)CCNC(=O)C1Cc2ccccc2C1. The van der Waals surface area contributed by atoms with Gasteiger partial charge in [-0.1, -0.05) is 24.3 Å². The summed E-state index contributed by atoms with van der Waals surface area (Å²) in [6.07, 6.45) is 2.82. The summed E-state index contributed by atoms with van der Waals surface area (Å²) in [5.74, 6) is 0.287. The Bertz CT molecular complexity index is 392. The molecule has 18 heavy (non-hydrogen) atoms. The van der Waals surface area contributed by atoms with Gasteiger partial charge >= 0.3 is 0 Å². The van der Waals surface area contributed by atoms with E-state index in [-0.39, 0.29) is 17.9 Å². The molecule has 1 atom stereocenters. The van der Waals surface area contributed by atoms with E-state index in [1.54, 1.807) is 7.11 Å². The summed E-state index contributed by atoms with van der Waals surface area (Å²) >= 11 is 0. The molecule has 1 aromatic rings. The lowest BCUT2D eigenvalue weighted by molar-refractivity contribution is -0.124. The molecule has 0 spiro atoms. The minimum absolute atomic E-state index is 0.111. The van der Waals surface area contributed by atoms with Crippen LogP contribution in [0.2, 0.25) is 0 Å². The molecule has 3 nitrogen and oxygen atoms in total. The van der Waals surface area contributed by atoms with Crippen LogP contribution in [0.25, 0.3) is 0 Å². The first-order valence-electron chi connectivity index (χ1n) is 6.58. The third kappa shape index (κ3) is 3.10. The smallest absolute Gasteiger partial charge is 0.223 e. The van der Waals surface area contributed by atoms with Crippen LogP contribution in [-0.2, 0) is 22.4 Å². The van der Waals surface area contributed by atoms with Crippen molar-refractivity contribution in [2.75, 3.05) is 13.7 Å². The van der Waals surface area contributed by atoms with E-state index in [0.717, 1.165) is 19.3 Å². The first kappa shape index (κ1) is 13.1. The van der Waals surface area contributed by atoms with E-state index in [4.69, 9.17) is 4.74 Å². The van der Waals surface area contributed by atoms with E-state index in [9.17, 15) is 4.79 Å². The zero-order valence-corrected chi connectivity index (χ0v) is 11.1. The highest BCUT2D eigenvalue weighted by Gasteiger charge is 2.26. The number of amides is 1. The predicted molar refractivity (Wildman–Crippen MR) is 71.4 cm³/mol. The van der Waals surface area contributed by atoms with Crippen molar-refractivity contribution in [3.8, 4) is 0 Å². The monoisotopic (exact) mass is 247 g/mol. The zero-order chi connectivity index (χ0) is 13.0. The van der Waals surface area contributed by atoms with E-state index >= 15 is 0 Å². The van der Waals surface area contributed by atoms with Crippen molar-refractivity contribution >= 4 is 5.91 Å². The lowest BCUT2D eigenvalue weighted by Gasteiger charge is -2.12. The molecule has 0 saturated carbocycles. The molecule has 1 amide bonds. The minimum Gasteiger partial charge on any atom is -0.382 e. The third-order valence-electron chi connectivity index (χ3n) is 3.67. The minimum atomic E-state index is 0.111. The molecule has 0 unspecified atom stereocenters. The summed E-state index contributed by atoms with van der Waals surface area (Å²) in [6, 6.07) is 8.32. The highest BCUT2D eigenvalue weighted by atomic mass is 16.5. The standard InChI is InChI=1S/C15H21NO2/c1-11(18-2)7-8-16-15(17)14-9-12-5-3-4-6-13(12)10-14/h3-6,11,14H,7-10H2,1-2H3,(H,16,17)/t11-/m0/s1. The second-order valence-electron chi connectivity index (χ2n) is 5.00. The number of carbonyl (C=O) groups excluding carboxylic acids is 1. The van der Waals surface area contributed by atoms with Crippen molar-refractivity contribution in [2.24, 2.45) is 5.92 Å². The molecule has 0 aromatic heterocycles. The van der Waals surface area contributed by atoms with Crippen LogP contribution < -0.4 is 5.32 Å². The first-order chi connectivity index (χ1) is 8.70. The van der Waals surface area contributed by atoms with E-state index in [1.807, 2.05) is 19.1 Å². The molecule has 1 aliphatic rings. The van der Waals surface area contributed by atoms with Gasteiger partial charge in [-0.25, -0.2) is 0 Å². The fourth-order valence-electron chi connectivity index (χ4n) is 2.41. The van der Waals surface area contributed by atoms with Gasteiger partial charge in [-0.3, -0.25) is 4.79 Å². The average molecular weight is 247 g/mol. The zero-order valence-electron chi connectivity index (χ0n) is 11.1. The Morgan fingerprint density at radius 2 is 2.00 bits per heavy atom.